The second-order valence-corrected chi connectivity index (χ2v) is 6.67. The van der Waals surface area contributed by atoms with Crippen LogP contribution in [0.3, 0.4) is 0 Å². The summed E-state index contributed by atoms with van der Waals surface area (Å²) in [6, 6.07) is 13.7. The van der Waals surface area contributed by atoms with E-state index < -0.39 is 0 Å². The lowest BCUT2D eigenvalue weighted by atomic mass is 10.1. The van der Waals surface area contributed by atoms with Crippen LogP contribution >= 0.6 is 0 Å². The monoisotopic (exact) mass is 374 g/mol. The first-order chi connectivity index (χ1) is 13.8. The lowest BCUT2D eigenvalue weighted by Crippen LogP contribution is -2.30. The molecular weight excluding hydrogens is 352 g/mol. The number of amides is 1. The van der Waals surface area contributed by atoms with Crippen LogP contribution < -0.4 is 5.32 Å². The molecule has 6 nitrogen and oxygen atoms in total. The average Bonchev–Trinajstić information content (AvgIpc) is 3.42. The lowest BCUT2D eigenvalue weighted by molar-refractivity contribution is -0.116. The lowest BCUT2D eigenvalue weighted by Gasteiger charge is -2.08. The molecule has 1 unspecified atom stereocenters. The third kappa shape index (κ3) is 4.35. The Bertz CT molecular complexity index is 945. The normalized spacial score (nSPS) is 16.5. The van der Waals surface area contributed by atoms with E-state index in [1.807, 2.05) is 53.3 Å². The molecule has 1 saturated heterocycles. The summed E-state index contributed by atoms with van der Waals surface area (Å²) in [5.74, 6) is -0.139. The van der Waals surface area contributed by atoms with Gasteiger partial charge in [0, 0.05) is 48.9 Å². The maximum Gasteiger partial charge on any atom is 0.244 e. The second-order valence-electron chi connectivity index (χ2n) is 6.67. The van der Waals surface area contributed by atoms with Crippen LogP contribution in [0, 0.1) is 0 Å². The minimum atomic E-state index is -0.139. The van der Waals surface area contributed by atoms with Crippen LogP contribution in [0.4, 0.5) is 0 Å². The van der Waals surface area contributed by atoms with Gasteiger partial charge in [-0.1, -0.05) is 18.2 Å². The maximum absolute atomic E-state index is 12.2. The Morgan fingerprint density at radius 2 is 2.14 bits per heavy atom. The van der Waals surface area contributed by atoms with Gasteiger partial charge >= 0.3 is 0 Å². The molecule has 0 radical (unpaired) electrons. The van der Waals surface area contributed by atoms with Crippen molar-refractivity contribution in [2.24, 2.45) is 0 Å². The molecule has 28 heavy (non-hydrogen) atoms. The Morgan fingerprint density at radius 1 is 1.25 bits per heavy atom. The molecule has 3 aromatic rings. The van der Waals surface area contributed by atoms with Gasteiger partial charge in [0.1, 0.15) is 5.69 Å². The predicted octanol–water partition coefficient (Wildman–Crippen LogP) is 3.24. The van der Waals surface area contributed by atoms with Crippen molar-refractivity contribution in [3.63, 3.8) is 0 Å². The number of ether oxygens (including phenoxy) is 1. The molecule has 1 aromatic carbocycles. The van der Waals surface area contributed by atoms with Crippen LogP contribution in [0.2, 0.25) is 0 Å². The van der Waals surface area contributed by atoms with Gasteiger partial charge in [-0.05, 0) is 43.2 Å². The van der Waals surface area contributed by atoms with E-state index in [0.29, 0.717) is 6.54 Å². The van der Waals surface area contributed by atoms with Crippen molar-refractivity contribution < 1.29 is 9.53 Å². The van der Waals surface area contributed by atoms with E-state index in [0.717, 1.165) is 42.0 Å². The SMILES string of the molecule is O=C(/C=C/c1cn(-c2ccccc2)nc1-c1cccnc1)NCC1CCCO1. The van der Waals surface area contributed by atoms with Gasteiger partial charge < -0.3 is 10.1 Å². The molecule has 142 valence electrons. The van der Waals surface area contributed by atoms with Crippen molar-refractivity contribution in [1.82, 2.24) is 20.1 Å². The molecule has 0 bridgehead atoms. The summed E-state index contributed by atoms with van der Waals surface area (Å²) in [6.07, 6.45) is 10.9. The summed E-state index contributed by atoms with van der Waals surface area (Å²) in [4.78, 5) is 16.4. The summed E-state index contributed by atoms with van der Waals surface area (Å²) in [5, 5.41) is 7.61. The minimum absolute atomic E-state index is 0.129. The standard InChI is InChI=1S/C22H22N4O2/c27-21(24-15-20-9-5-13-28-20)11-10-18-16-26(19-7-2-1-3-8-19)25-22(18)17-6-4-12-23-14-17/h1-4,6-8,10-12,14,16,20H,5,9,13,15H2,(H,24,27)/b11-10+. The fraction of sp³-hybridized carbons (Fsp3) is 0.227. The number of hydrogen-bond acceptors (Lipinski definition) is 4. The van der Waals surface area contributed by atoms with Gasteiger partial charge in [0.2, 0.25) is 5.91 Å². The molecule has 1 atom stereocenters. The largest absolute Gasteiger partial charge is 0.376 e. The first-order valence-electron chi connectivity index (χ1n) is 9.42. The number of pyridine rings is 1. The highest BCUT2D eigenvalue weighted by Gasteiger charge is 2.15. The summed E-state index contributed by atoms with van der Waals surface area (Å²) < 4.78 is 7.35. The Balaban J connectivity index is 1.56. The third-order valence-corrected chi connectivity index (χ3v) is 4.64. The number of para-hydroxylation sites is 1. The fourth-order valence-corrected chi connectivity index (χ4v) is 3.19. The van der Waals surface area contributed by atoms with Crippen LogP contribution in [-0.4, -0.2) is 39.9 Å². The predicted molar refractivity (Wildman–Crippen MR) is 108 cm³/mol. The van der Waals surface area contributed by atoms with E-state index in [-0.39, 0.29) is 12.0 Å². The van der Waals surface area contributed by atoms with E-state index in [4.69, 9.17) is 9.84 Å². The fourth-order valence-electron chi connectivity index (χ4n) is 3.19. The first-order valence-corrected chi connectivity index (χ1v) is 9.42. The summed E-state index contributed by atoms with van der Waals surface area (Å²) in [6.45, 7) is 1.32. The smallest absolute Gasteiger partial charge is 0.244 e. The topological polar surface area (TPSA) is 69.0 Å². The maximum atomic E-state index is 12.2. The summed E-state index contributed by atoms with van der Waals surface area (Å²) in [5.41, 5.74) is 3.48. The first kappa shape index (κ1) is 18.1. The van der Waals surface area contributed by atoms with Gasteiger partial charge in [-0.3, -0.25) is 9.78 Å². The zero-order chi connectivity index (χ0) is 19.2. The molecule has 0 saturated carbocycles. The van der Waals surface area contributed by atoms with Crippen molar-refractivity contribution in [2.45, 2.75) is 18.9 Å². The molecule has 4 rings (SSSR count). The van der Waals surface area contributed by atoms with Gasteiger partial charge in [-0.25, -0.2) is 4.68 Å². The molecule has 1 fully saturated rings. The minimum Gasteiger partial charge on any atom is -0.376 e. The van der Waals surface area contributed by atoms with Crippen molar-refractivity contribution >= 4 is 12.0 Å². The van der Waals surface area contributed by atoms with Gasteiger partial charge in [-0.2, -0.15) is 5.10 Å². The number of benzene rings is 1. The number of rotatable bonds is 6. The Labute approximate surface area is 163 Å². The van der Waals surface area contributed by atoms with Gasteiger partial charge in [0.25, 0.3) is 0 Å². The highest BCUT2D eigenvalue weighted by atomic mass is 16.5. The van der Waals surface area contributed by atoms with Crippen molar-refractivity contribution in [2.75, 3.05) is 13.2 Å². The van der Waals surface area contributed by atoms with Gasteiger partial charge in [0.05, 0.1) is 11.8 Å². The molecule has 1 aliphatic rings. The number of carbonyl (C=O) groups excluding carboxylic acids is 1. The van der Waals surface area contributed by atoms with Crippen LogP contribution in [0.5, 0.6) is 0 Å². The van der Waals surface area contributed by atoms with Crippen LogP contribution in [0.25, 0.3) is 23.0 Å². The highest BCUT2D eigenvalue weighted by Crippen LogP contribution is 2.24. The van der Waals surface area contributed by atoms with E-state index in [1.54, 1.807) is 24.5 Å². The molecule has 1 amide bonds. The van der Waals surface area contributed by atoms with Crippen LogP contribution in [-0.2, 0) is 9.53 Å². The number of nitrogens with one attached hydrogen (secondary N) is 1. The van der Waals surface area contributed by atoms with Crippen molar-refractivity contribution in [3.8, 4) is 16.9 Å². The Hall–Kier alpha value is -3.25. The van der Waals surface area contributed by atoms with Crippen molar-refractivity contribution in [3.05, 3.63) is 72.7 Å². The number of carbonyl (C=O) groups is 1. The van der Waals surface area contributed by atoms with Gasteiger partial charge in [0.15, 0.2) is 0 Å². The Morgan fingerprint density at radius 3 is 2.89 bits per heavy atom. The molecule has 6 heteroatoms. The molecule has 0 spiro atoms. The zero-order valence-corrected chi connectivity index (χ0v) is 15.5. The van der Waals surface area contributed by atoms with Gasteiger partial charge in [-0.15, -0.1) is 0 Å². The number of nitrogens with zero attached hydrogens (tertiary/aromatic N) is 3. The quantitative estimate of drug-likeness (QED) is 0.673. The Kier molecular flexibility index (Phi) is 5.58. The van der Waals surface area contributed by atoms with Crippen LogP contribution in [0.1, 0.15) is 18.4 Å². The second kappa shape index (κ2) is 8.63. The van der Waals surface area contributed by atoms with Crippen molar-refractivity contribution in [1.29, 1.82) is 0 Å². The number of aromatic nitrogens is 3. The summed E-state index contributed by atoms with van der Waals surface area (Å²) >= 11 is 0. The van der Waals surface area contributed by atoms with Crippen LogP contribution in [0.15, 0.2) is 67.1 Å². The molecule has 3 heterocycles. The van der Waals surface area contributed by atoms with E-state index in [1.165, 1.54) is 0 Å². The van der Waals surface area contributed by atoms with E-state index in [2.05, 4.69) is 10.3 Å². The third-order valence-electron chi connectivity index (χ3n) is 4.64. The summed E-state index contributed by atoms with van der Waals surface area (Å²) in [7, 11) is 0. The zero-order valence-electron chi connectivity index (χ0n) is 15.5. The molecule has 2 aromatic heterocycles. The van der Waals surface area contributed by atoms with E-state index in [9.17, 15) is 4.79 Å². The highest BCUT2D eigenvalue weighted by molar-refractivity contribution is 5.92. The molecular formula is C22H22N4O2. The molecule has 0 aliphatic carbocycles. The molecule has 1 aliphatic heterocycles. The molecule has 1 N–H and O–H groups in total. The average molecular weight is 374 g/mol. The van der Waals surface area contributed by atoms with E-state index >= 15 is 0 Å². The number of hydrogen-bond donors (Lipinski definition) is 1.